The van der Waals surface area contributed by atoms with Gasteiger partial charge in [0, 0.05) is 44.5 Å². The van der Waals surface area contributed by atoms with E-state index in [1.54, 1.807) is 0 Å². The fourth-order valence-electron chi connectivity index (χ4n) is 7.86. The van der Waals surface area contributed by atoms with Crippen LogP contribution in [0.5, 0.6) is 11.5 Å². The molecule has 5 heteroatoms. The van der Waals surface area contributed by atoms with Gasteiger partial charge in [-0.3, -0.25) is 4.57 Å². The van der Waals surface area contributed by atoms with Gasteiger partial charge in [-0.1, -0.05) is 123 Å². The summed E-state index contributed by atoms with van der Waals surface area (Å²) in [5, 5.41) is 5.42. The van der Waals surface area contributed by atoms with Crippen molar-refractivity contribution in [2.75, 3.05) is 0 Å². The van der Waals surface area contributed by atoms with Crippen molar-refractivity contribution in [3.8, 4) is 39.8 Å². The lowest BCUT2D eigenvalue weighted by atomic mass is 9.73. The van der Waals surface area contributed by atoms with Gasteiger partial charge in [0.05, 0.1) is 11.2 Å². The number of hydrogen-bond donors (Lipinski definition) is 0. The highest BCUT2D eigenvalue weighted by Crippen LogP contribution is 2.55. The Bertz CT molecular complexity index is 2780. The Morgan fingerprint density at radius 1 is 0.592 bits per heavy atom. The molecule has 0 N–H and O–H groups in total. The molecule has 0 unspecified atom stereocenters. The first-order valence-electron chi connectivity index (χ1n) is 16.6. The zero-order chi connectivity index (χ0) is 32.7. The van der Waals surface area contributed by atoms with Crippen molar-refractivity contribution < 1.29 is 4.74 Å². The van der Waals surface area contributed by atoms with Gasteiger partial charge in [0.2, 0.25) is 5.95 Å². The largest absolute Gasteiger partial charge is 0.454 e. The predicted molar refractivity (Wildman–Crippen MR) is 199 cm³/mol. The molecule has 9 aromatic rings. The molecule has 0 saturated heterocycles. The minimum atomic E-state index is -0.333. The summed E-state index contributed by atoms with van der Waals surface area (Å²) in [5.74, 6) is 2.23. The minimum absolute atomic E-state index is 0.333. The van der Waals surface area contributed by atoms with Gasteiger partial charge in [0.15, 0.2) is 5.75 Å². The number of ether oxygens (including phenoxy) is 1. The van der Waals surface area contributed by atoms with Gasteiger partial charge in [-0.05, 0) is 52.2 Å². The van der Waals surface area contributed by atoms with Crippen molar-refractivity contribution in [2.24, 2.45) is 0 Å². The van der Waals surface area contributed by atoms with Crippen LogP contribution in [0.4, 0.5) is 0 Å². The van der Waals surface area contributed by atoms with Gasteiger partial charge in [0.25, 0.3) is 0 Å². The first kappa shape index (κ1) is 27.8. The SMILES string of the molecule is CC1(C)c2ccccc2Oc2c1c1ccccc1c1c3cccnc3n(-c3nc(-c4cccc(-c5ccccc5)c4)c4ccccc4n3)c21. The second kappa shape index (κ2) is 10.3. The molecule has 0 bridgehead atoms. The second-order valence-corrected chi connectivity index (χ2v) is 13.2. The van der Waals surface area contributed by atoms with Crippen LogP contribution in [-0.2, 0) is 5.41 Å². The summed E-state index contributed by atoms with van der Waals surface area (Å²) in [4.78, 5) is 15.7. The number of nitrogens with zero attached hydrogens (tertiary/aromatic N) is 4. The molecular formula is C44H30N4O. The lowest BCUT2D eigenvalue weighted by Gasteiger charge is -2.36. The zero-order valence-electron chi connectivity index (χ0n) is 27.1. The summed E-state index contributed by atoms with van der Waals surface area (Å²) in [7, 11) is 0. The standard InChI is InChI=1S/C44H30N4O/c1-44(2)34-22-9-11-24-36(34)49-41-38(44)31-19-7-6-18-30(31)37-33-21-13-25-45-42(33)48(40(37)41)43-46-35-23-10-8-20-32(35)39(47-43)29-17-12-16-28(26-29)27-14-4-3-5-15-27/h3-26H,1-2H3. The average molecular weight is 631 g/mol. The molecular weight excluding hydrogens is 601 g/mol. The van der Waals surface area contributed by atoms with Crippen LogP contribution in [0.25, 0.3) is 71.9 Å². The fourth-order valence-corrected chi connectivity index (χ4v) is 7.86. The average Bonchev–Trinajstić information content (AvgIpc) is 3.50. The molecule has 0 aliphatic carbocycles. The Hall–Kier alpha value is -6.33. The second-order valence-electron chi connectivity index (χ2n) is 13.2. The molecule has 3 aromatic heterocycles. The predicted octanol–water partition coefficient (Wildman–Crippen LogP) is 11.0. The Balaban J connectivity index is 1.34. The Morgan fingerprint density at radius 2 is 1.29 bits per heavy atom. The molecule has 0 amide bonds. The molecule has 10 rings (SSSR count). The summed E-state index contributed by atoms with van der Waals surface area (Å²) < 4.78 is 9.11. The van der Waals surface area contributed by atoms with Gasteiger partial charge in [0.1, 0.15) is 16.9 Å². The highest BCUT2D eigenvalue weighted by Gasteiger charge is 2.39. The highest BCUT2D eigenvalue weighted by atomic mass is 16.5. The number of hydrogen-bond acceptors (Lipinski definition) is 4. The van der Waals surface area contributed by atoms with Crippen molar-refractivity contribution in [3.63, 3.8) is 0 Å². The molecule has 5 nitrogen and oxygen atoms in total. The van der Waals surface area contributed by atoms with E-state index in [1.807, 2.05) is 36.5 Å². The van der Waals surface area contributed by atoms with Crippen LogP contribution in [-0.4, -0.2) is 19.5 Å². The fraction of sp³-hybridized carbons (Fsp3) is 0.0682. The number of fused-ring (bicyclic) bond motifs is 10. The van der Waals surface area contributed by atoms with E-state index in [4.69, 9.17) is 19.7 Å². The third-order valence-corrected chi connectivity index (χ3v) is 10.1. The van der Waals surface area contributed by atoms with Crippen LogP contribution < -0.4 is 4.74 Å². The van der Waals surface area contributed by atoms with E-state index in [1.165, 1.54) is 5.39 Å². The van der Waals surface area contributed by atoms with E-state index in [-0.39, 0.29) is 5.41 Å². The van der Waals surface area contributed by atoms with E-state index in [0.29, 0.717) is 5.95 Å². The monoisotopic (exact) mass is 630 g/mol. The lowest BCUT2D eigenvalue weighted by molar-refractivity contribution is 0.424. The van der Waals surface area contributed by atoms with Crippen molar-refractivity contribution >= 4 is 43.6 Å². The van der Waals surface area contributed by atoms with Gasteiger partial charge < -0.3 is 4.74 Å². The Kier molecular flexibility index (Phi) is 5.85. The summed E-state index contributed by atoms with van der Waals surface area (Å²) in [6.07, 6.45) is 1.84. The topological polar surface area (TPSA) is 52.8 Å². The molecule has 0 spiro atoms. The number of benzene rings is 6. The third-order valence-electron chi connectivity index (χ3n) is 10.1. The van der Waals surface area contributed by atoms with E-state index in [2.05, 4.69) is 128 Å². The van der Waals surface area contributed by atoms with Gasteiger partial charge in [-0.25, -0.2) is 15.0 Å². The number of para-hydroxylation sites is 2. The maximum absolute atomic E-state index is 6.99. The molecule has 49 heavy (non-hydrogen) atoms. The van der Waals surface area contributed by atoms with Crippen molar-refractivity contribution in [3.05, 3.63) is 157 Å². The van der Waals surface area contributed by atoms with Crippen LogP contribution in [0.1, 0.15) is 25.0 Å². The molecule has 1 aliphatic heterocycles. The zero-order valence-corrected chi connectivity index (χ0v) is 27.1. The molecule has 0 atom stereocenters. The van der Waals surface area contributed by atoms with Crippen molar-refractivity contribution in [1.82, 2.24) is 19.5 Å². The van der Waals surface area contributed by atoms with E-state index in [9.17, 15) is 0 Å². The van der Waals surface area contributed by atoms with Gasteiger partial charge in [-0.15, -0.1) is 0 Å². The summed E-state index contributed by atoms with van der Waals surface area (Å²) >= 11 is 0. The highest BCUT2D eigenvalue weighted by molar-refractivity contribution is 6.24. The van der Waals surface area contributed by atoms with Gasteiger partial charge in [-0.2, -0.15) is 0 Å². The lowest BCUT2D eigenvalue weighted by Crippen LogP contribution is -2.25. The summed E-state index contributed by atoms with van der Waals surface area (Å²) in [6.45, 7) is 4.59. The molecule has 1 aliphatic rings. The van der Waals surface area contributed by atoms with Crippen LogP contribution in [0.15, 0.2) is 146 Å². The first-order valence-corrected chi connectivity index (χ1v) is 16.6. The van der Waals surface area contributed by atoms with Crippen molar-refractivity contribution in [1.29, 1.82) is 0 Å². The van der Waals surface area contributed by atoms with Gasteiger partial charge >= 0.3 is 0 Å². The van der Waals surface area contributed by atoms with Crippen LogP contribution >= 0.6 is 0 Å². The molecule has 0 saturated carbocycles. The maximum Gasteiger partial charge on any atom is 0.237 e. The maximum atomic E-state index is 6.99. The summed E-state index contributed by atoms with van der Waals surface area (Å²) in [5.41, 5.74) is 8.73. The van der Waals surface area contributed by atoms with Crippen LogP contribution in [0, 0.1) is 0 Å². The van der Waals surface area contributed by atoms with Crippen LogP contribution in [0.2, 0.25) is 0 Å². The van der Waals surface area contributed by atoms with E-state index < -0.39 is 0 Å². The third kappa shape index (κ3) is 4.02. The normalized spacial score (nSPS) is 13.4. The number of aromatic nitrogens is 4. The molecule has 6 aromatic carbocycles. The molecule has 232 valence electrons. The van der Waals surface area contributed by atoms with Crippen LogP contribution in [0.3, 0.4) is 0 Å². The smallest absolute Gasteiger partial charge is 0.237 e. The quantitative estimate of drug-likeness (QED) is 0.195. The molecule has 4 heterocycles. The van der Waals surface area contributed by atoms with E-state index >= 15 is 0 Å². The summed E-state index contributed by atoms with van der Waals surface area (Å²) in [6, 6.07) is 48.5. The minimum Gasteiger partial charge on any atom is -0.454 e. The Labute approximate surface area is 283 Å². The number of pyridine rings is 1. The van der Waals surface area contributed by atoms with Crippen molar-refractivity contribution in [2.45, 2.75) is 19.3 Å². The molecule has 0 radical (unpaired) electrons. The number of rotatable bonds is 3. The first-order chi connectivity index (χ1) is 24.1. The van der Waals surface area contributed by atoms with E-state index in [0.717, 1.165) is 83.2 Å². The molecule has 0 fully saturated rings. The Morgan fingerprint density at radius 3 is 2.16 bits per heavy atom.